The van der Waals surface area contributed by atoms with Crippen LogP contribution in [0.25, 0.3) is 5.69 Å². The number of carbonyl (C=O) groups is 1. The summed E-state index contributed by atoms with van der Waals surface area (Å²) in [6.07, 6.45) is 3.08. The molecule has 0 fully saturated rings. The molecule has 1 atom stereocenters. The first-order chi connectivity index (χ1) is 14.2. The Morgan fingerprint density at radius 1 is 1.03 bits per heavy atom. The van der Waals surface area contributed by atoms with Crippen molar-refractivity contribution >= 4 is 15.9 Å². The van der Waals surface area contributed by atoms with Gasteiger partial charge in [0.15, 0.2) is 0 Å². The van der Waals surface area contributed by atoms with Gasteiger partial charge in [0.05, 0.1) is 16.6 Å². The summed E-state index contributed by atoms with van der Waals surface area (Å²) >= 11 is 0. The maximum atomic E-state index is 12.6. The molecule has 9 heteroatoms. The van der Waals surface area contributed by atoms with Crippen LogP contribution in [0.4, 0.5) is 0 Å². The number of rotatable bonds is 7. The summed E-state index contributed by atoms with van der Waals surface area (Å²) in [7, 11) is -2.04. The van der Waals surface area contributed by atoms with Crippen LogP contribution in [0.2, 0.25) is 0 Å². The van der Waals surface area contributed by atoms with Crippen molar-refractivity contribution in [3.05, 3.63) is 72.3 Å². The first kappa shape index (κ1) is 21.7. The Balaban J connectivity index is 1.68. The third-order valence-corrected chi connectivity index (χ3v) is 6.99. The standard InChI is InChI=1S/C21H25N5O3S/c1-15(2)25(4)30(28,29)20-11-7-18(8-12-20)21(27)24-16(3)17-5-9-19(10-6-17)26-14-22-13-23-26/h5-16H,1-4H3,(H,24,27). The van der Waals surface area contributed by atoms with E-state index in [0.717, 1.165) is 11.3 Å². The summed E-state index contributed by atoms with van der Waals surface area (Å²) in [5, 5.41) is 7.02. The molecule has 8 nitrogen and oxygen atoms in total. The van der Waals surface area contributed by atoms with Gasteiger partial charge in [-0.05, 0) is 62.7 Å². The first-order valence-corrected chi connectivity index (χ1v) is 11.0. The Labute approximate surface area is 176 Å². The van der Waals surface area contributed by atoms with E-state index in [2.05, 4.69) is 15.4 Å². The fourth-order valence-corrected chi connectivity index (χ4v) is 4.21. The SMILES string of the molecule is CC(NC(=O)c1ccc(S(=O)(=O)N(C)C(C)C)cc1)c1ccc(-n2cncn2)cc1. The number of nitrogens with one attached hydrogen (secondary N) is 1. The Morgan fingerprint density at radius 2 is 1.67 bits per heavy atom. The van der Waals surface area contributed by atoms with Crippen molar-refractivity contribution in [1.82, 2.24) is 24.4 Å². The van der Waals surface area contributed by atoms with Crippen molar-refractivity contribution in [3.63, 3.8) is 0 Å². The Kier molecular flexibility index (Phi) is 6.33. The second-order valence-electron chi connectivity index (χ2n) is 7.27. The van der Waals surface area contributed by atoms with Gasteiger partial charge in [0.25, 0.3) is 5.91 Å². The molecule has 0 bridgehead atoms. The van der Waals surface area contributed by atoms with Crippen LogP contribution in [0.3, 0.4) is 0 Å². The van der Waals surface area contributed by atoms with Crippen LogP contribution < -0.4 is 5.32 Å². The number of sulfonamides is 1. The third-order valence-electron chi connectivity index (χ3n) is 4.94. The van der Waals surface area contributed by atoms with Crippen molar-refractivity contribution in [2.75, 3.05) is 7.05 Å². The molecule has 0 saturated heterocycles. The fraction of sp³-hybridized carbons (Fsp3) is 0.286. The van der Waals surface area contributed by atoms with Gasteiger partial charge in [-0.25, -0.2) is 18.1 Å². The second-order valence-corrected chi connectivity index (χ2v) is 9.26. The molecule has 2 aromatic carbocycles. The number of carbonyl (C=O) groups excluding carboxylic acids is 1. The molecular weight excluding hydrogens is 402 g/mol. The van der Waals surface area contributed by atoms with Crippen LogP contribution in [-0.2, 0) is 10.0 Å². The van der Waals surface area contributed by atoms with E-state index in [9.17, 15) is 13.2 Å². The highest BCUT2D eigenvalue weighted by Crippen LogP contribution is 2.19. The van der Waals surface area contributed by atoms with Crippen LogP contribution >= 0.6 is 0 Å². The monoisotopic (exact) mass is 427 g/mol. The molecule has 0 spiro atoms. The molecule has 1 aromatic heterocycles. The van der Waals surface area contributed by atoms with E-state index in [-0.39, 0.29) is 22.9 Å². The quantitative estimate of drug-likeness (QED) is 0.625. The lowest BCUT2D eigenvalue weighted by atomic mass is 10.1. The van der Waals surface area contributed by atoms with Gasteiger partial charge >= 0.3 is 0 Å². The Hall–Kier alpha value is -3.04. The molecule has 0 aliphatic heterocycles. The van der Waals surface area contributed by atoms with Crippen LogP contribution in [0.15, 0.2) is 66.1 Å². The lowest BCUT2D eigenvalue weighted by Crippen LogP contribution is -2.33. The average Bonchev–Trinajstić information content (AvgIpc) is 3.28. The summed E-state index contributed by atoms with van der Waals surface area (Å²) in [6, 6.07) is 13.2. The fourth-order valence-electron chi connectivity index (χ4n) is 2.84. The van der Waals surface area contributed by atoms with Gasteiger partial charge in [0.1, 0.15) is 12.7 Å². The number of hydrogen-bond donors (Lipinski definition) is 1. The number of nitrogens with zero attached hydrogens (tertiary/aromatic N) is 4. The van der Waals surface area contributed by atoms with Crippen molar-refractivity contribution in [2.45, 2.75) is 37.8 Å². The van der Waals surface area contributed by atoms with Crippen molar-refractivity contribution in [2.24, 2.45) is 0 Å². The molecule has 3 aromatic rings. The molecule has 0 aliphatic carbocycles. The number of hydrogen-bond acceptors (Lipinski definition) is 5. The first-order valence-electron chi connectivity index (χ1n) is 9.54. The summed E-state index contributed by atoms with van der Waals surface area (Å²) in [6.45, 7) is 5.50. The van der Waals surface area contributed by atoms with Crippen LogP contribution in [-0.4, -0.2) is 46.5 Å². The molecule has 1 N–H and O–H groups in total. The number of benzene rings is 2. The number of amides is 1. The van der Waals surface area contributed by atoms with E-state index in [1.54, 1.807) is 24.9 Å². The lowest BCUT2D eigenvalue weighted by molar-refractivity contribution is 0.0939. The van der Waals surface area contributed by atoms with Gasteiger partial charge in [-0.3, -0.25) is 4.79 Å². The predicted molar refractivity (Wildman–Crippen MR) is 114 cm³/mol. The van der Waals surface area contributed by atoms with E-state index in [0.29, 0.717) is 5.56 Å². The highest BCUT2D eigenvalue weighted by atomic mass is 32.2. The zero-order valence-corrected chi connectivity index (χ0v) is 18.2. The third kappa shape index (κ3) is 4.58. The minimum absolute atomic E-state index is 0.158. The van der Waals surface area contributed by atoms with E-state index in [4.69, 9.17) is 0 Å². The number of aromatic nitrogens is 3. The van der Waals surface area contributed by atoms with Gasteiger partial charge in [-0.2, -0.15) is 9.40 Å². The molecule has 1 unspecified atom stereocenters. The minimum atomic E-state index is -3.58. The highest BCUT2D eigenvalue weighted by molar-refractivity contribution is 7.89. The van der Waals surface area contributed by atoms with Crippen LogP contribution in [0.5, 0.6) is 0 Å². The molecule has 1 amide bonds. The summed E-state index contributed by atoms with van der Waals surface area (Å²) in [5.41, 5.74) is 2.20. The van der Waals surface area contributed by atoms with Crippen LogP contribution in [0.1, 0.15) is 42.7 Å². The van der Waals surface area contributed by atoms with Gasteiger partial charge in [-0.15, -0.1) is 0 Å². The Bertz CT molecular complexity index is 1090. The molecule has 0 aliphatic rings. The molecule has 1 heterocycles. The highest BCUT2D eigenvalue weighted by Gasteiger charge is 2.23. The maximum absolute atomic E-state index is 12.6. The molecular formula is C21H25N5O3S. The predicted octanol–water partition coefficient (Wildman–Crippen LogP) is 2.79. The molecule has 3 rings (SSSR count). The van der Waals surface area contributed by atoms with Crippen molar-refractivity contribution in [1.29, 1.82) is 0 Å². The van der Waals surface area contributed by atoms with E-state index in [1.165, 1.54) is 41.9 Å². The van der Waals surface area contributed by atoms with E-state index >= 15 is 0 Å². The van der Waals surface area contributed by atoms with Crippen molar-refractivity contribution in [3.8, 4) is 5.69 Å². The topological polar surface area (TPSA) is 97.2 Å². The molecule has 0 radical (unpaired) electrons. The summed E-state index contributed by atoms with van der Waals surface area (Å²) in [5.74, 6) is -0.274. The average molecular weight is 428 g/mol. The second kappa shape index (κ2) is 8.76. The lowest BCUT2D eigenvalue weighted by Gasteiger charge is -2.21. The molecule has 158 valence electrons. The summed E-state index contributed by atoms with van der Waals surface area (Å²) < 4.78 is 28.0. The molecule has 30 heavy (non-hydrogen) atoms. The van der Waals surface area contributed by atoms with Gasteiger partial charge in [-0.1, -0.05) is 12.1 Å². The van der Waals surface area contributed by atoms with Gasteiger partial charge in [0, 0.05) is 18.7 Å². The smallest absolute Gasteiger partial charge is 0.251 e. The Morgan fingerprint density at radius 3 is 2.20 bits per heavy atom. The largest absolute Gasteiger partial charge is 0.346 e. The maximum Gasteiger partial charge on any atom is 0.251 e. The van der Waals surface area contributed by atoms with Gasteiger partial charge < -0.3 is 5.32 Å². The zero-order chi connectivity index (χ0) is 21.9. The van der Waals surface area contributed by atoms with Gasteiger partial charge in [0.2, 0.25) is 10.0 Å². The van der Waals surface area contributed by atoms with E-state index < -0.39 is 10.0 Å². The summed E-state index contributed by atoms with van der Waals surface area (Å²) in [4.78, 5) is 16.7. The minimum Gasteiger partial charge on any atom is -0.346 e. The van der Waals surface area contributed by atoms with Crippen LogP contribution in [0, 0.1) is 0 Å². The molecule has 0 saturated carbocycles. The van der Waals surface area contributed by atoms with Crippen molar-refractivity contribution < 1.29 is 13.2 Å². The van der Waals surface area contributed by atoms with E-state index in [1.807, 2.05) is 31.2 Å². The zero-order valence-electron chi connectivity index (χ0n) is 17.4. The normalized spacial score (nSPS) is 12.9.